The monoisotopic (exact) mass is 303 g/mol. The fourth-order valence-electron chi connectivity index (χ4n) is 1.93. The number of benzene rings is 1. The summed E-state index contributed by atoms with van der Waals surface area (Å²) < 4.78 is 5.72. The van der Waals surface area contributed by atoms with Crippen LogP contribution in [-0.2, 0) is 16.1 Å². The average Bonchev–Trinajstić information content (AvgIpc) is 3.22. The number of amidine groups is 1. The molecule has 2 aliphatic rings. The van der Waals surface area contributed by atoms with Gasteiger partial charge in [-0.1, -0.05) is 36.0 Å². The summed E-state index contributed by atoms with van der Waals surface area (Å²) >= 11 is 1.36. The molecule has 1 saturated heterocycles. The number of hydrogen-bond donors (Lipinski definition) is 1. The maximum absolute atomic E-state index is 11.0. The standard InChI is InChI=1S/C15H17N3O2S/c19-14-10-21-15(17-14)18-16-7-12-3-1-2-4-13(12)9-20-8-11-5-6-11/h1-4,7,11H,5-6,8-10H2,(H,17,18,19). The number of rotatable bonds is 6. The number of hydrogen-bond acceptors (Lipinski definition) is 5. The third-order valence-electron chi connectivity index (χ3n) is 3.29. The van der Waals surface area contributed by atoms with Crippen LogP contribution < -0.4 is 5.32 Å². The van der Waals surface area contributed by atoms with E-state index in [-0.39, 0.29) is 5.91 Å². The number of carbonyl (C=O) groups is 1. The molecule has 1 aliphatic carbocycles. The molecule has 1 saturated carbocycles. The molecule has 1 aromatic carbocycles. The Morgan fingerprint density at radius 3 is 3.00 bits per heavy atom. The van der Waals surface area contributed by atoms with Crippen molar-refractivity contribution in [1.29, 1.82) is 0 Å². The highest BCUT2D eigenvalue weighted by Gasteiger charge is 2.21. The molecule has 1 aliphatic heterocycles. The fraction of sp³-hybridized carbons (Fsp3) is 0.400. The largest absolute Gasteiger partial charge is 0.376 e. The molecular formula is C15H17N3O2S. The van der Waals surface area contributed by atoms with E-state index in [0.29, 0.717) is 17.5 Å². The van der Waals surface area contributed by atoms with Crippen molar-refractivity contribution in [3.05, 3.63) is 35.4 Å². The van der Waals surface area contributed by atoms with E-state index in [0.717, 1.165) is 23.7 Å². The van der Waals surface area contributed by atoms with E-state index >= 15 is 0 Å². The van der Waals surface area contributed by atoms with Crippen LogP contribution in [0.4, 0.5) is 0 Å². The predicted octanol–water partition coefficient (Wildman–Crippen LogP) is 2.17. The minimum Gasteiger partial charge on any atom is -0.376 e. The van der Waals surface area contributed by atoms with Gasteiger partial charge >= 0.3 is 0 Å². The van der Waals surface area contributed by atoms with E-state index in [1.54, 1.807) is 6.21 Å². The van der Waals surface area contributed by atoms with Crippen molar-refractivity contribution in [1.82, 2.24) is 5.32 Å². The van der Waals surface area contributed by atoms with Crippen molar-refractivity contribution in [2.45, 2.75) is 19.4 Å². The molecule has 6 heteroatoms. The second-order valence-corrected chi connectivity index (χ2v) is 6.11. The van der Waals surface area contributed by atoms with Gasteiger partial charge in [0.15, 0.2) is 5.17 Å². The zero-order valence-electron chi connectivity index (χ0n) is 11.6. The van der Waals surface area contributed by atoms with Gasteiger partial charge in [-0.15, -0.1) is 5.10 Å². The lowest BCUT2D eigenvalue weighted by molar-refractivity contribution is -0.116. The molecule has 0 radical (unpaired) electrons. The first-order valence-electron chi connectivity index (χ1n) is 7.00. The Bertz CT molecular complexity index is 582. The predicted molar refractivity (Wildman–Crippen MR) is 84.5 cm³/mol. The van der Waals surface area contributed by atoms with Gasteiger partial charge in [0.1, 0.15) is 0 Å². The van der Waals surface area contributed by atoms with E-state index in [9.17, 15) is 4.79 Å². The van der Waals surface area contributed by atoms with Gasteiger partial charge in [0, 0.05) is 12.2 Å². The molecule has 1 aromatic rings. The van der Waals surface area contributed by atoms with Crippen molar-refractivity contribution < 1.29 is 9.53 Å². The van der Waals surface area contributed by atoms with E-state index in [4.69, 9.17) is 4.74 Å². The minimum absolute atomic E-state index is 0.0252. The fourth-order valence-corrected chi connectivity index (χ4v) is 2.57. The summed E-state index contributed by atoms with van der Waals surface area (Å²) in [6.45, 7) is 1.44. The molecule has 21 heavy (non-hydrogen) atoms. The molecule has 1 N–H and O–H groups in total. The number of carbonyl (C=O) groups excluding carboxylic acids is 1. The van der Waals surface area contributed by atoms with Crippen LogP contribution in [0, 0.1) is 5.92 Å². The zero-order chi connectivity index (χ0) is 14.5. The Kier molecular flexibility index (Phi) is 4.67. The van der Waals surface area contributed by atoms with Crippen LogP contribution in [0.2, 0.25) is 0 Å². The summed E-state index contributed by atoms with van der Waals surface area (Å²) in [6, 6.07) is 7.98. The first-order chi connectivity index (χ1) is 10.3. The summed E-state index contributed by atoms with van der Waals surface area (Å²) in [5.41, 5.74) is 2.09. The number of nitrogens with one attached hydrogen (secondary N) is 1. The lowest BCUT2D eigenvalue weighted by Gasteiger charge is -2.06. The van der Waals surface area contributed by atoms with Crippen LogP contribution in [0.3, 0.4) is 0 Å². The second-order valence-electron chi connectivity index (χ2n) is 5.14. The molecule has 5 nitrogen and oxygen atoms in total. The van der Waals surface area contributed by atoms with Crippen molar-refractivity contribution in [2.24, 2.45) is 16.1 Å². The van der Waals surface area contributed by atoms with Crippen molar-refractivity contribution in [2.75, 3.05) is 12.4 Å². The molecule has 1 amide bonds. The van der Waals surface area contributed by atoms with Gasteiger partial charge in [0.05, 0.1) is 18.6 Å². The smallest absolute Gasteiger partial charge is 0.236 e. The van der Waals surface area contributed by atoms with Crippen molar-refractivity contribution in [3.63, 3.8) is 0 Å². The molecule has 3 rings (SSSR count). The Morgan fingerprint density at radius 1 is 1.38 bits per heavy atom. The van der Waals surface area contributed by atoms with Crippen LogP contribution in [-0.4, -0.2) is 29.6 Å². The van der Waals surface area contributed by atoms with Gasteiger partial charge in [-0.25, -0.2) is 0 Å². The number of thioether (sulfide) groups is 1. The molecule has 0 bridgehead atoms. The van der Waals surface area contributed by atoms with Gasteiger partial charge in [0.25, 0.3) is 0 Å². The summed E-state index contributed by atoms with van der Waals surface area (Å²) in [4.78, 5) is 11.0. The van der Waals surface area contributed by atoms with Crippen LogP contribution in [0.15, 0.2) is 34.5 Å². The summed E-state index contributed by atoms with van der Waals surface area (Å²) in [5, 5.41) is 11.2. The van der Waals surface area contributed by atoms with Gasteiger partial charge in [-0.05, 0) is 24.3 Å². The van der Waals surface area contributed by atoms with Crippen LogP contribution >= 0.6 is 11.8 Å². The number of amides is 1. The molecule has 110 valence electrons. The van der Waals surface area contributed by atoms with Crippen LogP contribution in [0.25, 0.3) is 0 Å². The first-order valence-corrected chi connectivity index (χ1v) is 7.99. The quantitative estimate of drug-likeness (QED) is 0.647. The van der Waals surface area contributed by atoms with Gasteiger partial charge in [0.2, 0.25) is 5.91 Å². The highest BCUT2D eigenvalue weighted by Crippen LogP contribution is 2.29. The van der Waals surface area contributed by atoms with Gasteiger partial charge in [-0.2, -0.15) is 5.10 Å². The Morgan fingerprint density at radius 2 is 2.24 bits per heavy atom. The highest BCUT2D eigenvalue weighted by atomic mass is 32.2. The SMILES string of the molecule is O=C1CSC(=NN=Cc2ccccc2COCC2CC2)N1. The van der Waals surface area contributed by atoms with E-state index in [1.807, 2.05) is 24.3 Å². The van der Waals surface area contributed by atoms with Gasteiger partial charge in [-0.3, -0.25) is 4.79 Å². The molecule has 0 atom stereocenters. The molecule has 0 aromatic heterocycles. The van der Waals surface area contributed by atoms with Crippen LogP contribution in [0.5, 0.6) is 0 Å². The van der Waals surface area contributed by atoms with Gasteiger partial charge < -0.3 is 10.1 Å². The first kappa shape index (κ1) is 14.3. The molecule has 0 spiro atoms. The van der Waals surface area contributed by atoms with Crippen molar-refractivity contribution in [3.8, 4) is 0 Å². The molecule has 1 heterocycles. The zero-order valence-corrected chi connectivity index (χ0v) is 12.4. The second kappa shape index (κ2) is 6.87. The lowest BCUT2D eigenvalue weighted by atomic mass is 10.1. The number of nitrogens with zero attached hydrogens (tertiary/aromatic N) is 2. The van der Waals surface area contributed by atoms with Crippen LogP contribution in [0.1, 0.15) is 24.0 Å². The summed E-state index contributed by atoms with van der Waals surface area (Å²) in [5.74, 6) is 1.16. The average molecular weight is 303 g/mol. The number of ether oxygens (including phenoxy) is 1. The summed E-state index contributed by atoms with van der Waals surface area (Å²) in [6.07, 6.45) is 4.29. The van der Waals surface area contributed by atoms with E-state index in [2.05, 4.69) is 15.5 Å². The Balaban J connectivity index is 1.59. The molecular weight excluding hydrogens is 286 g/mol. The Labute approximate surface area is 127 Å². The normalized spacial score (nSPS) is 20.4. The highest BCUT2D eigenvalue weighted by molar-refractivity contribution is 8.15. The maximum atomic E-state index is 11.0. The minimum atomic E-state index is -0.0252. The third-order valence-corrected chi connectivity index (χ3v) is 4.16. The molecule has 0 unspecified atom stereocenters. The molecule has 2 fully saturated rings. The van der Waals surface area contributed by atoms with E-state index < -0.39 is 0 Å². The summed E-state index contributed by atoms with van der Waals surface area (Å²) in [7, 11) is 0. The lowest BCUT2D eigenvalue weighted by Crippen LogP contribution is -2.19. The topological polar surface area (TPSA) is 63.0 Å². The third kappa shape index (κ3) is 4.41. The maximum Gasteiger partial charge on any atom is 0.236 e. The Hall–Kier alpha value is -1.66. The van der Waals surface area contributed by atoms with E-state index in [1.165, 1.54) is 24.6 Å². The van der Waals surface area contributed by atoms with Crippen molar-refractivity contribution >= 4 is 29.1 Å².